The van der Waals surface area contributed by atoms with Crippen molar-refractivity contribution in [2.24, 2.45) is 5.10 Å². The minimum atomic E-state index is -0.507. The van der Waals surface area contributed by atoms with Crippen LogP contribution in [-0.2, 0) is 9.53 Å². The maximum absolute atomic E-state index is 12.0. The van der Waals surface area contributed by atoms with Crippen LogP contribution in [0.15, 0.2) is 58.5 Å². The number of thioether (sulfide) groups is 1. The van der Waals surface area contributed by atoms with Gasteiger partial charge in [-0.2, -0.15) is 5.10 Å². The molecule has 0 aliphatic carbocycles. The first-order chi connectivity index (χ1) is 11.1. The Morgan fingerprint density at radius 1 is 1.17 bits per heavy atom. The molecule has 0 aliphatic heterocycles. The summed E-state index contributed by atoms with van der Waals surface area (Å²) in [6.07, 6.45) is 0. The number of esters is 1. The van der Waals surface area contributed by atoms with Crippen LogP contribution >= 0.6 is 35.0 Å². The van der Waals surface area contributed by atoms with E-state index >= 15 is 0 Å². The van der Waals surface area contributed by atoms with Crippen LogP contribution in [0, 0.1) is 0 Å². The highest BCUT2D eigenvalue weighted by molar-refractivity contribution is 8.15. The van der Waals surface area contributed by atoms with Crippen LogP contribution in [0.3, 0.4) is 0 Å². The molecule has 1 N–H and O–H groups in total. The topological polar surface area (TPSA) is 50.7 Å². The number of carbonyl (C=O) groups is 1. The first-order valence-electron chi connectivity index (χ1n) is 6.79. The summed E-state index contributed by atoms with van der Waals surface area (Å²) >= 11 is 13.1. The Bertz CT molecular complexity index is 705. The number of nitrogens with one attached hydrogen (secondary N) is 1. The van der Waals surface area contributed by atoms with Crippen LogP contribution in [-0.4, -0.2) is 17.6 Å². The fourth-order valence-electron chi connectivity index (χ4n) is 1.58. The van der Waals surface area contributed by atoms with Crippen molar-refractivity contribution < 1.29 is 9.53 Å². The summed E-state index contributed by atoms with van der Waals surface area (Å²) in [7, 11) is 0. The van der Waals surface area contributed by atoms with Gasteiger partial charge in [-0.05, 0) is 43.3 Å². The number of anilines is 1. The van der Waals surface area contributed by atoms with Gasteiger partial charge in [0.15, 0.2) is 0 Å². The van der Waals surface area contributed by atoms with E-state index in [1.165, 1.54) is 11.8 Å². The van der Waals surface area contributed by atoms with Crippen molar-refractivity contribution in [3.63, 3.8) is 0 Å². The molecular formula is C16H14Cl2N2O2S. The lowest BCUT2D eigenvalue weighted by Crippen LogP contribution is -2.16. The van der Waals surface area contributed by atoms with E-state index in [9.17, 15) is 4.79 Å². The van der Waals surface area contributed by atoms with Gasteiger partial charge in [-0.25, -0.2) is 4.79 Å². The molecule has 0 bridgehead atoms. The van der Waals surface area contributed by atoms with Crippen molar-refractivity contribution in [1.29, 1.82) is 0 Å². The highest BCUT2D eigenvalue weighted by atomic mass is 35.5. The quantitative estimate of drug-likeness (QED) is 0.269. The largest absolute Gasteiger partial charge is 0.461 e. The third-order valence-electron chi connectivity index (χ3n) is 2.63. The molecule has 7 heteroatoms. The molecule has 0 saturated carbocycles. The molecule has 0 radical (unpaired) electrons. The number of nitrogens with zero attached hydrogens (tertiary/aromatic N) is 1. The number of ether oxygens (including phenoxy) is 1. The van der Waals surface area contributed by atoms with Crippen LogP contribution in [0.5, 0.6) is 0 Å². The molecule has 0 spiro atoms. The second kappa shape index (κ2) is 8.82. The summed E-state index contributed by atoms with van der Waals surface area (Å²) in [4.78, 5) is 12.9. The van der Waals surface area contributed by atoms with Crippen LogP contribution in [0.2, 0.25) is 10.0 Å². The molecule has 2 aromatic carbocycles. The molecule has 2 aromatic rings. The van der Waals surface area contributed by atoms with Gasteiger partial charge in [-0.15, -0.1) is 0 Å². The normalized spacial score (nSPS) is 11.2. The number of hydrazone groups is 1. The Kier molecular flexibility index (Phi) is 6.77. The molecule has 0 unspecified atom stereocenters. The molecule has 0 aromatic heterocycles. The standard InChI is InChI=1S/C16H14Cl2N2O2S/c1-2-22-16(21)15(23-12-9-7-11(17)8-10-12)20-19-14-6-4-3-5-13(14)18/h3-10,19H,2H2,1H3. The number of hydrogen-bond acceptors (Lipinski definition) is 5. The van der Waals surface area contributed by atoms with Gasteiger partial charge in [0, 0.05) is 9.92 Å². The van der Waals surface area contributed by atoms with Crippen molar-refractivity contribution in [3.05, 3.63) is 58.6 Å². The summed E-state index contributed by atoms with van der Waals surface area (Å²) in [5.74, 6) is -0.507. The second-order valence-corrected chi connectivity index (χ2v) is 6.19. The van der Waals surface area contributed by atoms with Gasteiger partial charge in [0.05, 0.1) is 17.3 Å². The van der Waals surface area contributed by atoms with Crippen molar-refractivity contribution in [3.8, 4) is 0 Å². The average molecular weight is 369 g/mol. The van der Waals surface area contributed by atoms with Gasteiger partial charge >= 0.3 is 5.97 Å². The molecule has 0 atom stereocenters. The number of halogens is 2. The number of rotatable bonds is 4. The Morgan fingerprint density at radius 2 is 1.87 bits per heavy atom. The molecule has 0 heterocycles. The van der Waals surface area contributed by atoms with Crippen LogP contribution in [0.25, 0.3) is 0 Å². The SMILES string of the molecule is CCOC(=O)C(=NNc1ccccc1Cl)Sc1ccc(Cl)cc1. The lowest BCUT2D eigenvalue weighted by atomic mass is 10.3. The van der Waals surface area contributed by atoms with E-state index in [1.54, 1.807) is 43.3 Å². The van der Waals surface area contributed by atoms with E-state index < -0.39 is 5.97 Å². The monoisotopic (exact) mass is 368 g/mol. The van der Waals surface area contributed by atoms with Crippen LogP contribution in [0.4, 0.5) is 5.69 Å². The summed E-state index contributed by atoms with van der Waals surface area (Å²) < 4.78 is 5.03. The van der Waals surface area contributed by atoms with Crippen molar-refractivity contribution in [2.75, 3.05) is 12.0 Å². The van der Waals surface area contributed by atoms with E-state index in [-0.39, 0.29) is 11.7 Å². The number of para-hydroxylation sites is 1. The smallest absolute Gasteiger partial charge is 0.365 e. The summed E-state index contributed by atoms with van der Waals surface area (Å²) in [6.45, 7) is 2.01. The van der Waals surface area contributed by atoms with Crippen LogP contribution in [0.1, 0.15) is 6.92 Å². The summed E-state index contributed by atoms with van der Waals surface area (Å²) in [5.41, 5.74) is 3.40. The summed E-state index contributed by atoms with van der Waals surface area (Å²) in [5, 5.41) is 5.44. The summed E-state index contributed by atoms with van der Waals surface area (Å²) in [6, 6.07) is 14.2. The first kappa shape index (κ1) is 17.7. The predicted octanol–water partition coefficient (Wildman–Crippen LogP) is 5.07. The molecule has 120 valence electrons. The zero-order chi connectivity index (χ0) is 16.7. The lowest BCUT2D eigenvalue weighted by molar-refractivity contribution is -0.134. The highest BCUT2D eigenvalue weighted by Crippen LogP contribution is 2.24. The van der Waals surface area contributed by atoms with Gasteiger partial charge in [0.2, 0.25) is 5.04 Å². The Labute approximate surface area is 148 Å². The van der Waals surface area contributed by atoms with Gasteiger partial charge in [0.25, 0.3) is 0 Å². The number of hydrogen-bond donors (Lipinski definition) is 1. The van der Waals surface area contributed by atoms with Gasteiger partial charge in [0.1, 0.15) is 0 Å². The molecule has 4 nitrogen and oxygen atoms in total. The van der Waals surface area contributed by atoms with Gasteiger partial charge in [-0.3, -0.25) is 5.43 Å². The van der Waals surface area contributed by atoms with Gasteiger partial charge < -0.3 is 4.74 Å². The third kappa shape index (κ3) is 5.46. The zero-order valence-electron chi connectivity index (χ0n) is 12.3. The van der Waals surface area contributed by atoms with E-state index in [2.05, 4.69) is 10.5 Å². The Balaban J connectivity index is 2.19. The second-order valence-electron chi connectivity index (χ2n) is 4.29. The van der Waals surface area contributed by atoms with Crippen LogP contribution < -0.4 is 5.43 Å². The Morgan fingerprint density at radius 3 is 2.52 bits per heavy atom. The fraction of sp³-hybridized carbons (Fsp3) is 0.125. The van der Waals surface area contributed by atoms with E-state index in [1.807, 2.05) is 12.1 Å². The number of carbonyl (C=O) groups excluding carboxylic acids is 1. The van der Waals surface area contributed by atoms with Gasteiger partial charge in [-0.1, -0.05) is 47.1 Å². The Hall–Kier alpha value is -1.69. The first-order valence-corrected chi connectivity index (χ1v) is 8.36. The predicted molar refractivity (Wildman–Crippen MR) is 96.5 cm³/mol. The maximum atomic E-state index is 12.0. The molecule has 0 amide bonds. The molecule has 23 heavy (non-hydrogen) atoms. The minimum absolute atomic E-state index is 0.175. The zero-order valence-corrected chi connectivity index (χ0v) is 14.6. The number of benzene rings is 2. The molecular weight excluding hydrogens is 355 g/mol. The third-order valence-corrected chi connectivity index (χ3v) is 4.17. The molecule has 2 rings (SSSR count). The van der Waals surface area contributed by atoms with E-state index in [4.69, 9.17) is 27.9 Å². The maximum Gasteiger partial charge on any atom is 0.365 e. The molecule has 0 aliphatic rings. The molecule has 0 saturated heterocycles. The minimum Gasteiger partial charge on any atom is -0.461 e. The van der Waals surface area contributed by atoms with Crippen molar-refractivity contribution >= 4 is 51.7 Å². The molecule has 0 fully saturated rings. The average Bonchev–Trinajstić information content (AvgIpc) is 2.55. The van der Waals surface area contributed by atoms with Crippen molar-refractivity contribution in [1.82, 2.24) is 0 Å². The van der Waals surface area contributed by atoms with E-state index in [0.717, 1.165) is 4.90 Å². The van der Waals surface area contributed by atoms with E-state index in [0.29, 0.717) is 15.7 Å². The fourth-order valence-corrected chi connectivity index (χ4v) is 2.61. The highest BCUT2D eigenvalue weighted by Gasteiger charge is 2.15. The van der Waals surface area contributed by atoms with Crippen molar-refractivity contribution in [2.45, 2.75) is 11.8 Å². The lowest BCUT2D eigenvalue weighted by Gasteiger charge is -2.08.